The fourth-order valence-corrected chi connectivity index (χ4v) is 2.22. The molecular weight excluding hydrogens is 263 g/mol. The third kappa shape index (κ3) is 3.24. The van der Waals surface area contributed by atoms with Gasteiger partial charge < -0.3 is 10.5 Å². The van der Waals surface area contributed by atoms with Gasteiger partial charge in [0.15, 0.2) is 0 Å². The van der Waals surface area contributed by atoms with Crippen molar-refractivity contribution in [2.45, 2.75) is 12.4 Å². The van der Waals surface area contributed by atoms with Crippen LogP contribution in [0.5, 0.6) is 5.75 Å². The van der Waals surface area contributed by atoms with E-state index < -0.39 is 6.36 Å². The molecule has 0 aliphatic rings. The van der Waals surface area contributed by atoms with Gasteiger partial charge in [0.2, 0.25) is 0 Å². The molecule has 1 aromatic heterocycles. The van der Waals surface area contributed by atoms with Crippen molar-refractivity contribution in [3.63, 3.8) is 0 Å². The van der Waals surface area contributed by atoms with Crippen LogP contribution in [-0.4, -0.2) is 6.36 Å². The third-order valence-corrected chi connectivity index (χ3v) is 3.08. The summed E-state index contributed by atoms with van der Waals surface area (Å²) in [6.45, 7) is 0. The van der Waals surface area contributed by atoms with E-state index in [4.69, 9.17) is 5.73 Å². The van der Waals surface area contributed by atoms with Gasteiger partial charge in [-0.25, -0.2) is 0 Å². The maximum Gasteiger partial charge on any atom is 0.573 e. The Morgan fingerprint density at radius 1 is 1.06 bits per heavy atom. The predicted molar refractivity (Wildman–Crippen MR) is 63.5 cm³/mol. The summed E-state index contributed by atoms with van der Waals surface area (Å²) in [5.41, 5.74) is 7.66. The Morgan fingerprint density at radius 2 is 1.72 bits per heavy atom. The third-order valence-electron chi connectivity index (χ3n) is 2.38. The van der Waals surface area contributed by atoms with E-state index in [1.54, 1.807) is 0 Å². The van der Waals surface area contributed by atoms with Gasteiger partial charge in [-0.3, -0.25) is 0 Å². The smallest absolute Gasteiger partial charge is 0.406 e. The molecule has 1 heterocycles. The largest absolute Gasteiger partial charge is 0.573 e. The van der Waals surface area contributed by atoms with Crippen molar-refractivity contribution in [2.24, 2.45) is 5.73 Å². The van der Waals surface area contributed by atoms with Crippen LogP contribution in [0.3, 0.4) is 0 Å². The number of halogens is 3. The number of hydrogen-bond donors (Lipinski definition) is 1. The quantitative estimate of drug-likeness (QED) is 0.925. The molecule has 0 saturated carbocycles. The first-order valence-corrected chi connectivity index (χ1v) is 6.03. The lowest BCUT2D eigenvalue weighted by Crippen LogP contribution is -2.17. The number of rotatable bonds is 3. The van der Waals surface area contributed by atoms with Crippen LogP contribution >= 0.6 is 11.3 Å². The highest BCUT2D eigenvalue weighted by Crippen LogP contribution is 2.26. The molecule has 0 amide bonds. The van der Waals surface area contributed by atoms with Crippen LogP contribution in [0, 0.1) is 0 Å². The molecule has 0 unspecified atom stereocenters. The van der Waals surface area contributed by atoms with Crippen LogP contribution in [0.15, 0.2) is 41.1 Å². The van der Waals surface area contributed by atoms with Crippen molar-refractivity contribution < 1.29 is 17.9 Å². The minimum atomic E-state index is -4.67. The van der Waals surface area contributed by atoms with Crippen molar-refractivity contribution in [2.75, 3.05) is 0 Å². The Hall–Kier alpha value is -1.53. The Morgan fingerprint density at radius 3 is 2.22 bits per heavy atom. The van der Waals surface area contributed by atoms with Gasteiger partial charge in [0.05, 0.1) is 6.04 Å². The summed E-state index contributed by atoms with van der Waals surface area (Å²) in [6.07, 6.45) is -4.67. The van der Waals surface area contributed by atoms with E-state index in [1.807, 2.05) is 16.8 Å². The summed E-state index contributed by atoms with van der Waals surface area (Å²) >= 11 is 1.52. The van der Waals surface area contributed by atoms with Gasteiger partial charge in [0, 0.05) is 0 Å². The van der Waals surface area contributed by atoms with Gasteiger partial charge in [-0.15, -0.1) is 13.2 Å². The zero-order valence-corrected chi connectivity index (χ0v) is 9.96. The van der Waals surface area contributed by atoms with Gasteiger partial charge >= 0.3 is 6.36 Å². The standard InChI is InChI=1S/C12H10F3NOS/c13-12(14,15)17-10-3-1-8(2-4-10)11(16)9-5-6-18-7-9/h1-7,11H,16H2/t11-/m1/s1. The molecule has 2 nitrogen and oxygen atoms in total. The molecule has 0 fully saturated rings. The van der Waals surface area contributed by atoms with E-state index in [1.165, 1.54) is 35.6 Å². The van der Waals surface area contributed by atoms with Gasteiger partial charge in [-0.1, -0.05) is 12.1 Å². The maximum atomic E-state index is 12.0. The Bertz CT molecular complexity index is 493. The van der Waals surface area contributed by atoms with Crippen LogP contribution in [0.2, 0.25) is 0 Å². The molecule has 0 spiro atoms. The summed E-state index contributed by atoms with van der Waals surface area (Å²) in [4.78, 5) is 0. The molecule has 0 saturated heterocycles. The summed E-state index contributed by atoms with van der Waals surface area (Å²) in [6, 6.07) is 7.13. The van der Waals surface area contributed by atoms with Crippen molar-refractivity contribution in [1.29, 1.82) is 0 Å². The zero-order chi connectivity index (χ0) is 13.2. The molecule has 0 aliphatic carbocycles. The first-order valence-electron chi connectivity index (χ1n) is 5.09. The summed E-state index contributed by atoms with van der Waals surface area (Å²) in [7, 11) is 0. The van der Waals surface area contributed by atoms with Crippen LogP contribution in [0.25, 0.3) is 0 Å². The minimum absolute atomic E-state index is 0.247. The average Bonchev–Trinajstić information content (AvgIpc) is 2.80. The lowest BCUT2D eigenvalue weighted by molar-refractivity contribution is -0.274. The van der Waals surface area contributed by atoms with E-state index in [2.05, 4.69) is 4.74 Å². The van der Waals surface area contributed by atoms with Crippen LogP contribution in [0.1, 0.15) is 17.2 Å². The van der Waals surface area contributed by atoms with E-state index in [0.29, 0.717) is 0 Å². The van der Waals surface area contributed by atoms with Crippen LogP contribution in [-0.2, 0) is 0 Å². The van der Waals surface area contributed by atoms with E-state index >= 15 is 0 Å². The van der Waals surface area contributed by atoms with E-state index in [0.717, 1.165) is 11.1 Å². The molecule has 2 N–H and O–H groups in total. The SMILES string of the molecule is N[C@H](c1ccc(OC(F)(F)F)cc1)c1ccsc1. The molecular formula is C12H10F3NOS. The predicted octanol–water partition coefficient (Wildman–Crippen LogP) is 3.69. The number of benzene rings is 1. The van der Waals surface area contributed by atoms with Crippen molar-refractivity contribution in [3.8, 4) is 5.75 Å². The van der Waals surface area contributed by atoms with Crippen molar-refractivity contribution >= 4 is 11.3 Å². The number of nitrogens with two attached hydrogens (primary N) is 1. The Balaban J connectivity index is 2.13. The normalized spacial score (nSPS) is 13.3. The molecule has 18 heavy (non-hydrogen) atoms. The molecule has 6 heteroatoms. The fraction of sp³-hybridized carbons (Fsp3) is 0.167. The topological polar surface area (TPSA) is 35.2 Å². The molecule has 0 bridgehead atoms. The molecule has 0 aliphatic heterocycles. The first kappa shape index (κ1) is 12.9. The lowest BCUT2D eigenvalue weighted by atomic mass is 10.0. The first-order chi connectivity index (χ1) is 8.46. The van der Waals surface area contributed by atoms with Gasteiger partial charge in [-0.2, -0.15) is 11.3 Å². The minimum Gasteiger partial charge on any atom is -0.406 e. The highest BCUT2D eigenvalue weighted by Gasteiger charge is 2.31. The number of alkyl halides is 3. The van der Waals surface area contributed by atoms with Gasteiger partial charge in [0.25, 0.3) is 0 Å². The Labute approximate surface area is 106 Å². The molecule has 2 rings (SSSR count). The summed E-state index contributed by atoms with van der Waals surface area (Å²) in [5.74, 6) is -0.247. The van der Waals surface area contributed by atoms with Gasteiger partial charge in [-0.05, 0) is 40.1 Å². The molecule has 1 atom stereocenters. The van der Waals surface area contributed by atoms with Gasteiger partial charge in [0.1, 0.15) is 5.75 Å². The monoisotopic (exact) mass is 273 g/mol. The highest BCUT2D eigenvalue weighted by atomic mass is 32.1. The van der Waals surface area contributed by atoms with Crippen LogP contribution in [0.4, 0.5) is 13.2 Å². The maximum absolute atomic E-state index is 12.0. The van der Waals surface area contributed by atoms with E-state index in [9.17, 15) is 13.2 Å². The molecule has 96 valence electrons. The summed E-state index contributed by atoms with van der Waals surface area (Å²) in [5, 5.41) is 3.81. The number of ether oxygens (including phenoxy) is 1. The van der Waals surface area contributed by atoms with Crippen LogP contribution < -0.4 is 10.5 Å². The lowest BCUT2D eigenvalue weighted by Gasteiger charge is -2.12. The number of hydrogen-bond acceptors (Lipinski definition) is 3. The van der Waals surface area contributed by atoms with Crippen molar-refractivity contribution in [3.05, 3.63) is 52.2 Å². The molecule has 1 aromatic carbocycles. The van der Waals surface area contributed by atoms with E-state index in [-0.39, 0.29) is 11.8 Å². The summed E-state index contributed by atoms with van der Waals surface area (Å²) < 4.78 is 39.7. The Kier molecular flexibility index (Phi) is 3.58. The fourth-order valence-electron chi connectivity index (χ4n) is 1.52. The second-order valence-electron chi connectivity index (χ2n) is 3.65. The second kappa shape index (κ2) is 4.99. The average molecular weight is 273 g/mol. The second-order valence-corrected chi connectivity index (χ2v) is 4.43. The van der Waals surface area contributed by atoms with Crippen molar-refractivity contribution in [1.82, 2.24) is 0 Å². The molecule has 2 aromatic rings. The molecule has 0 radical (unpaired) electrons. The zero-order valence-electron chi connectivity index (χ0n) is 9.15. The highest BCUT2D eigenvalue weighted by molar-refractivity contribution is 7.08. The number of thiophene rings is 1.